The fourth-order valence-corrected chi connectivity index (χ4v) is 40.3. The van der Waals surface area contributed by atoms with Gasteiger partial charge < -0.3 is 5.32 Å². The van der Waals surface area contributed by atoms with Crippen LogP contribution in [0.2, 0.25) is 0 Å². The summed E-state index contributed by atoms with van der Waals surface area (Å²) in [6.07, 6.45) is 87.8. The standard InChI is InChI=1S/C89H139N.24Ar/c1-2-22-61-54(21-1)49-72-71(61)50-59-52-82(72)88(78-36-16-7-27-66(78)67-28-8-17-37-79(67)88)57-45-41-56(42-46-57)87(76-34-14-5-25-64(76)65-26-6-15-35-77(65)87)60-51-73-70-31-11-20-40-84(70)90-85(73)83(53-60)89(80-38-18-9-29-68(80)69-30-10-19-39-81(69)89)58-47-43-55(44-48-58)86(59)74-32-12-3-23-62(74)63-24-4-13-33-75(63)86;;;;;;;;;;;;;;;;;;;;;;;;/h54-85,90H,1-53H2;;;;;;;;;;;;;;;;;;;;;;;;. The summed E-state index contributed by atoms with van der Waals surface area (Å²) in [7, 11) is 0. The Labute approximate surface area is 1420 Å². The molecule has 1 nitrogen and oxygen atoms in total. The summed E-state index contributed by atoms with van der Waals surface area (Å²) in [5.74, 6) is 32.5. The van der Waals surface area contributed by atoms with Crippen LogP contribution in [0, 0.1) is 1100 Å². The maximum atomic E-state index is 5.08. The molecule has 692 valence electrons. The number of fused-ring (bicyclic) bond motifs is 18. The molecule has 0 amide bonds. The van der Waals surface area contributed by atoms with E-state index in [9.17, 15) is 0 Å². The summed E-state index contributed by atoms with van der Waals surface area (Å²) in [5.41, 5.74) is 2.63. The van der Waals surface area contributed by atoms with Gasteiger partial charge in [-0.3, -0.25) is 0 Å². The second-order valence-electron chi connectivity index (χ2n) is 41.3. The van der Waals surface area contributed by atoms with Gasteiger partial charge in [0.05, 0.1) is 0 Å². The first-order valence-electron chi connectivity index (χ1n) is 44.4. The first-order valence-corrected chi connectivity index (χ1v) is 44.4. The van der Waals surface area contributed by atoms with E-state index in [-0.39, 0.29) is 906 Å². The largest absolute Gasteiger partial charge is 0.310 e. The molecule has 24 fully saturated rings. The monoisotopic (exact) mass is 2180 g/mol. The second kappa shape index (κ2) is 69.4. The fourth-order valence-electron chi connectivity index (χ4n) is 40.3. The molecule has 0 radical (unpaired) electrons. The van der Waals surface area contributed by atoms with Crippen LogP contribution in [-0.2, 0) is 0 Å². The van der Waals surface area contributed by atoms with Crippen LogP contribution >= 0.6 is 0 Å². The van der Waals surface area contributed by atoms with Gasteiger partial charge in [-0.1, -0.05) is 135 Å². The van der Waals surface area contributed by atoms with Crippen molar-refractivity contribution in [2.24, 2.45) is 199 Å². The molecule has 4 spiro atoms. The summed E-state index contributed by atoms with van der Waals surface area (Å²) in [6, 6.07) is 1.73. The third-order valence-corrected chi connectivity index (χ3v) is 40.9. The summed E-state index contributed by atoms with van der Waals surface area (Å²) < 4.78 is 0. The van der Waals surface area contributed by atoms with E-state index < -0.39 is 0 Å². The number of hydrogen-bond donors (Lipinski definition) is 1. The van der Waals surface area contributed by atoms with E-state index in [4.69, 9.17) is 5.32 Å². The van der Waals surface area contributed by atoms with Crippen LogP contribution in [0.1, 0.15) is 340 Å². The first-order chi connectivity index (χ1) is 44.6. The Balaban J connectivity index is -0.00000252. The molecule has 8 bridgehead atoms. The van der Waals surface area contributed by atoms with Gasteiger partial charge in [-0.05, 0) is 405 Å². The zero-order chi connectivity index (χ0) is 58.7. The van der Waals surface area contributed by atoms with Gasteiger partial charge in [0.1, 0.15) is 0 Å². The van der Waals surface area contributed by atoms with E-state index in [1.165, 1.54) is 6.42 Å². The Morgan fingerprint density at radius 3 is 0.684 bits per heavy atom. The van der Waals surface area contributed by atoms with Crippen molar-refractivity contribution in [3.8, 4) is 0 Å². The molecule has 1 N–H and O–H groups in total. The molecular weight excluding hydrogens is 2040 g/mol. The molecule has 23 saturated carbocycles. The van der Waals surface area contributed by atoms with Crippen molar-refractivity contribution in [2.75, 3.05) is 0 Å². The van der Waals surface area contributed by atoms with E-state index in [0.29, 0.717) is 21.7 Å². The maximum Gasteiger partial charge on any atom is 0.0135 e. The van der Waals surface area contributed by atoms with Crippen molar-refractivity contribution in [1.29, 1.82) is 0 Å². The topological polar surface area (TPSA) is 12.0 Å². The number of nitrogens with one attached hydrogen (secondary N) is 1. The molecule has 0 aromatic rings. The number of rotatable bonds is 0. The summed E-state index contributed by atoms with van der Waals surface area (Å²) >= 11 is 0. The molecule has 28 atom stereocenters. The molecule has 24 rings (SSSR count). The van der Waals surface area contributed by atoms with E-state index in [1.54, 1.807) is 334 Å². The molecule has 114 heavy (non-hydrogen) atoms. The summed E-state index contributed by atoms with van der Waals surface area (Å²) in [6.45, 7) is 0. The third-order valence-electron chi connectivity index (χ3n) is 40.9. The second-order valence-corrected chi connectivity index (χ2v) is 41.3. The molecule has 1 saturated heterocycles. The molecule has 23 aliphatic carbocycles. The smallest absolute Gasteiger partial charge is 0.0135 e. The van der Waals surface area contributed by atoms with Gasteiger partial charge in [0.15, 0.2) is 0 Å². The minimum Gasteiger partial charge on any atom is -0.310 e. The zero-order valence-corrected chi connectivity index (χ0v) is 83.9. The molecular formula is C89H139Ar24N. The Hall–Kier alpha value is 30.2. The summed E-state index contributed by atoms with van der Waals surface area (Å²) in [5, 5.41) is 5.08. The van der Waals surface area contributed by atoms with E-state index in [2.05, 4.69) is 0 Å². The van der Waals surface area contributed by atoms with Crippen molar-refractivity contribution in [1.82, 2.24) is 5.32 Å². The third kappa shape index (κ3) is 27.6. The summed E-state index contributed by atoms with van der Waals surface area (Å²) in [4.78, 5) is 0. The van der Waals surface area contributed by atoms with Crippen molar-refractivity contribution in [3.63, 3.8) is 0 Å². The van der Waals surface area contributed by atoms with E-state index >= 15 is 0 Å². The average Bonchev–Trinajstić information content (AvgIpc) is 1.49. The predicted molar refractivity (Wildman–Crippen MR) is 370 cm³/mol. The molecule has 28 unspecified atom stereocenters. The van der Waals surface area contributed by atoms with Crippen molar-refractivity contribution < 1.29 is 906 Å². The number of hydrogen-bond acceptors (Lipinski definition) is 1. The van der Waals surface area contributed by atoms with Crippen molar-refractivity contribution in [2.45, 2.75) is 352 Å². The maximum absolute atomic E-state index is 5.08. The van der Waals surface area contributed by atoms with Crippen LogP contribution in [0.4, 0.5) is 0 Å². The molecule has 0 aromatic heterocycles. The SMILES string of the molecule is C1CCC2C(C1)CC1C2CC2CC1C1(C3CCC(CC3)C3(C4CC5C6CCCCC6NC5C(C4)C4(C5CCC(CC5)C25C2CCCCC2C2CCCCC25)C2CCCCC2C2CCCCC24)C2CCCCC2C2CCCCC23)C2CCCCC2C2CCCCC21.[Ar].[Ar].[Ar].[Ar].[Ar].[Ar].[Ar].[Ar].[Ar].[Ar].[Ar].[Ar].[Ar].[Ar].[Ar].[Ar].[Ar].[Ar].[Ar].[Ar].[Ar].[Ar].[Ar].[Ar]. The Kier molecular flexibility index (Phi) is 91.6. The Morgan fingerprint density at radius 2 is 0.368 bits per heavy atom. The Bertz CT molecular complexity index is 2400. The van der Waals surface area contributed by atoms with E-state index in [1.807, 2.05) is 0 Å². The van der Waals surface area contributed by atoms with Gasteiger partial charge in [0.25, 0.3) is 0 Å². The van der Waals surface area contributed by atoms with Gasteiger partial charge in [-0.15, -0.1) is 0 Å². The normalized spacial score (nSPS) is 48.4. The van der Waals surface area contributed by atoms with Crippen LogP contribution in [-0.4, -0.2) is 12.1 Å². The van der Waals surface area contributed by atoms with Crippen LogP contribution in [0.5, 0.6) is 0 Å². The molecule has 1 aliphatic heterocycles. The minimum atomic E-state index is 0. The molecule has 25 heteroatoms. The Morgan fingerprint density at radius 1 is 0.140 bits per heavy atom. The van der Waals surface area contributed by atoms with Crippen LogP contribution in [0.3, 0.4) is 0 Å². The quantitative estimate of drug-likeness (QED) is 0.255. The molecule has 0 aromatic carbocycles. The van der Waals surface area contributed by atoms with Crippen LogP contribution in [0.25, 0.3) is 0 Å². The van der Waals surface area contributed by atoms with Crippen molar-refractivity contribution in [3.05, 3.63) is 0 Å². The van der Waals surface area contributed by atoms with Gasteiger partial charge in [-0.25, -0.2) is 0 Å². The fraction of sp³-hybridized carbons (Fsp3) is 1.00. The average molecular weight is 2180 g/mol. The van der Waals surface area contributed by atoms with Crippen LogP contribution < -0.4 is 5.32 Å². The van der Waals surface area contributed by atoms with Crippen molar-refractivity contribution >= 4 is 0 Å². The van der Waals surface area contributed by atoms with E-state index in [0.717, 1.165) is 190 Å². The minimum absolute atomic E-state index is 0. The van der Waals surface area contributed by atoms with Gasteiger partial charge in [0.2, 0.25) is 0 Å². The van der Waals surface area contributed by atoms with Gasteiger partial charge >= 0.3 is 0 Å². The van der Waals surface area contributed by atoms with Crippen LogP contribution in [0.15, 0.2) is 0 Å². The molecule has 1 heterocycles. The van der Waals surface area contributed by atoms with Gasteiger partial charge in [-0.2, -0.15) is 0 Å². The van der Waals surface area contributed by atoms with Gasteiger partial charge in [0, 0.05) is 918 Å². The predicted octanol–water partition coefficient (Wildman–Crippen LogP) is 23.7. The zero-order valence-electron chi connectivity index (χ0n) is 66.9. The molecule has 24 aliphatic rings. The first kappa shape index (κ1) is 150.